The summed E-state index contributed by atoms with van der Waals surface area (Å²) < 4.78 is 34.3. The van der Waals surface area contributed by atoms with Crippen LogP contribution in [0.25, 0.3) is 0 Å². The number of nitrogens with zero attached hydrogens (tertiary/aromatic N) is 1. The van der Waals surface area contributed by atoms with Crippen molar-refractivity contribution in [3.05, 3.63) is 12.2 Å². The summed E-state index contributed by atoms with van der Waals surface area (Å²) in [5.41, 5.74) is 0. The average Bonchev–Trinajstić information content (AvgIpc) is 3.16. The fraction of sp³-hybridized carbons (Fsp3) is 0.915. The molecule has 0 aromatic rings. The van der Waals surface area contributed by atoms with E-state index in [2.05, 4.69) is 26.0 Å². The van der Waals surface area contributed by atoms with Gasteiger partial charge in [0.05, 0.1) is 27.7 Å². The summed E-state index contributed by atoms with van der Waals surface area (Å²) in [6, 6.07) is 0. The molecule has 0 bridgehead atoms. The van der Waals surface area contributed by atoms with Crippen molar-refractivity contribution in [3.8, 4) is 0 Å². The molecule has 2 unspecified atom stereocenters. The van der Waals surface area contributed by atoms with E-state index in [1.54, 1.807) is 0 Å². The molecule has 57 heavy (non-hydrogen) atoms. The van der Waals surface area contributed by atoms with Gasteiger partial charge in [0.15, 0.2) is 6.10 Å². The number of ether oxygens (including phenoxy) is 2. The lowest BCUT2D eigenvalue weighted by atomic mass is 10.0. The summed E-state index contributed by atoms with van der Waals surface area (Å²) >= 11 is 0. The van der Waals surface area contributed by atoms with Crippen LogP contribution < -0.4 is 0 Å². The maximum Gasteiger partial charge on any atom is 0.472 e. The summed E-state index contributed by atoms with van der Waals surface area (Å²) in [5.74, 6) is -0.800. The Kier molecular flexibility index (Phi) is 39.3. The van der Waals surface area contributed by atoms with E-state index >= 15 is 0 Å². The summed E-state index contributed by atoms with van der Waals surface area (Å²) in [4.78, 5) is 35.3. The maximum absolute atomic E-state index is 12.6. The third-order valence-electron chi connectivity index (χ3n) is 10.5. The van der Waals surface area contributed by atoms with Crippen molar-refractivity contribution >= 4 is 19.8 Å². The fourth-order valence-electron chi connectivity index (χ4n) is 6.78. The van der Waals surface area contributed by atoms with Crippen LogP contribution in [0.2, 0.25) is 0 Å². The van der Waals surface area contributed by atoms with Crippen LogP contribution in [-0.2, 0) is 32.7 Å². The number of allylic oxidation sites excluding steroid dienone is 2. The number of carbonyl (C=O) groups is 2. The van der Waals surface area contributed by atoms with Crippen LogP contribution in [0.15, 0.2) is 12.2 Å². The first-order chi connectivity index (χ1) is 27.5. The summed E-state index contributed by atoms with van der Waals surface area (Å²) in [6.45, 7) is 4.38. The lowest BCUT2D eigenvalue weighted by Gasteiger charge is -2.24. The van der Waals surface area contributed by atoms with Gasteiger partial charge < -0.3 is 18.9 Å². The smallest absolute Gasteiger partial charge is 0.462 e. The van der Waals surface area contributed by atoms with Gasteiger partial charge in [-0.15, -0.1) is 0 Å². The normalized spacial score (nSPS) is 13.6. The number of unbranched alkanes of at least 4 members (excludes halogenated alkanes) is 28. The molecule has 0 aromatic heterocycles. The molecule has 338 valence electrons. The molecule has 0 spiro atoms. The minimum atomic E-state index is -4.37. The molecule has 1 N–H and O–H groups in total. The molecule has 0 aliphatic carbocycles. The van der Waals surface area contributed by atoms with Crippen LogP contribution >= 0.6 is 7.82 Å². The Balaban J connectivity index is 4.11. The molecule has 10 heteroatoms. The second-order valence-electron chi connectivity index (χ2n) is 17.5. The van der Waals surface area contributed by atoms with Crippen molar-refractivity contribution < 1.29 is 42.1 Å². The van der Waals surface area contributed by atoms with E-state index in [1.165, 1.54) is 135 Å². The second kappa shape index (κ2) is 40.2. The van der Waals surface area contributed by atoms with E-state index in [4.69, 9.17) is 18.5 Å². The summed E-state index contributed by atoms with van der Waals surface area (Å²) in [7, 11) is 1.48. The van der Waals surface area contributed by atoms with Gasteiger partial charge in [0.1, 0.15) is 19.8 Å². The third kappa shape index (κ3) is 44.1. The average molecular weight is 831 g/mol. The molecule has 0 radical (unpaired) electrons. The molecule has 0 amide bonds. The van der Waals surface area contributed by atoms with Crippen molar-refractivity contribution in [2.45, 2.75) is 232 Å². The van der Waals surface area contributed by atoms with Crippen molar-refractivity contribution in [3.63, 3.8) is 0 Å². The second-order valence-corrected chi connectivity index (χ2v) is 19.0. The molecule has 0 rings (SSSR count). The highest BCUT2D eigenvalue weighted by molar-refractivity contribution is 7.47. The highest BCUT2D eigenvalue weighted by Crippen LogP contribution is 2.43. The highest BCUT2D eigenvalue weighted by atomic mass is 31.2. The van der Waals surface area contributed by atoms with Crippen molar-refractivity contribution in [2.75, 3.05) is 47.5 Å². The van der Waals surface area contributed by atoms with Crippen molar-refractivity contribution in [2.24, 2.45) is 0 Å². The number of esters is 2. The molecular weight excluding hydrogens is 737 g/mol. The monoisotopic (exact) mass is 831 g/mol. The number of quaternary nitrogens is 1. The van der Waals surface area contributed by atoms with E-state index in [0.717, 1.165) is 57.8 Å². The van der Waals surface area contributed by atoms with E-state index < -0.39 is 26.5 Å². The van der Waals surface area contributed by atoms with Gasteiger partial charge in [0, 0.05) is 12.8 Å². The van der Waals surface area contributed by atoms with Gasteiger partial charge in [-0.3, -0.25) is 18.6 Å². The molecule has 0 saturated heterocycles. The highest BCUT2D eigenvalue weighted by Gasteiger charge is 2.27. The fourth-order valence-corrected chi connectivity index (χ4v) is 7.52. The first-order valence-electron chi connectivity index (χ1n) is 23.9. The van der Waals surface area contributed by atoms with Gasteiger partial charge >= 0.3 is 19.8 Å². The third-order valence-corrected chi connectivity index (χ3v) is 11.5. The van der Waals surface area contributed by atoms with Gasteiger partial charge in [0.2, 0.25) is 0 Å². The number of phosphoric ester groups is 1. The Hall–Kier alpha value is -1.25. The quantitative estimate of drug-likeness (QED) is 0.0213. The Bertz CT molecular complexity index is 985. The molecular formula is C47H93NO8P+. The molecule has 0 heterocycles. The lowest BCUT2D eigenvalue weighted by Crippen LogP contribution is -2.37. The van der Waals surface area contributed by atoms with Crippen LogP contribution in [0, 0.1) is 0 Å². The Morgan fingerprint density at radius 2 is 0.930 bits per heavy atom. The van der Waals surface area contributed by atoms with Gasteiger partial charge in [0.25, 0.3) is 0 Å². The predicted octanol–water partition coefficient (Wildman–Crippen LogP) is 13.8. The van der Waals surface area contributed by atoms with E-state index in [0.29, 0.717) is 23.9 Å². The SMILES string of the molecule is CCC/C=C\CCCCCCCC(=O)OC(COC(=O)CCCCCCCCCCCCCCCCCCCCCCCCC)COP(=O)(O)OCC[N+](C)(C)C. The molecule has 9 nitrogen and oxygen atoms in total. The van der Waals surface area contributed by atoms with Crippen molar-refractivity contribution in [1.82, 2.24) is 0 Å². The molecule has 2 atom stereocenters. The largest absolute Gasteiger partial charge is 0.472 e. The van der Waals surface area contributed by atoms with Crippen LogP contribution in [0.1, 0.15) is 226 Å². The van der Waals surface area contributed by atoms with E-state index in [-0.39, 0.29) is 25.6 Å². The zero-order valence-corrected chi connectivity index (χ0v) is 39.0. The molecule has 0 aliphatic heterocycles. The summed E-state index contributed by atoms with van der Waals surface area (Å²) in [5, 5.41) is 0. The number of hydrogen-bond donors (Lipinski definition) is 1. The van der Waals surface area contributed by atoms with Crippen molar-refractivity contribution in [1.29, 1.82) is 0 Å². The van der Waals surface area contributed by atoms with Gasteiger partial charge in [-0.25, -0.2) is 4.57 Å². The minimum absolute atomic E-state index is 0.0330. The Morgan fingerprint density at radius 3 is 1.37 bits per heavy atom. The predicted molar refractivity (Wildman–Crippen MR) is 238 cm³/mol. The first-order valence-corrected chi connectivity index (χ1v) is 25.4. The number of carbonyl (C=O) groups excluding carboxylic acids is 2. The molecule has 0 aromatic carbocycles. The summed E-state index contributed by atoms with van der Waals surface area (Å²) in [6.07, 6.45) is 42.8. The number of likely N-dealkylation sites (N-methyl/N-ethyl adjacent to an activating group) is 1. The standard InChI is InChI=1S/C47H92NO8P/c1-6-8-10-12-14-16-18-19-20-21-22-23-24-25-26-27-28-29-30-32-33-35-37-39-46(49)53-43-45(44-55-57(51,52)54-42-41-48(3,4)5)56-47(50)40-38-36-34-31-17-15-13-11-9-7-2/h11,13,45H,6-10,12,14-44H2,1-5H3/p+1/b13-11-. The van der Waals surface area contributed by atoms with E-state index in [9.17, 15) is 19.0 Å². The number of hydrogen-bond acceptors (Lipinski definition) is 7. The number of phosphoric acid groups is 1. The topological polar surface area (TPSA) is 108 Å². The van der Waals surface area contributed by atoms with E-state index in [1.807, 2.05) is 21.1 Å². The van der Waals surface area contributed by atoms with Crippen LogP contribution in [0.5, 0.6) is 0 Å². The van der Waals surface area contributed by atoms with Crippen LogP contribution in [-0.4, -0.2) is 74.9 Å². The molecule has 0 aliphatic rings. The maximum atomic E-state index is 12.6. The Morgan fingerprint density at radius 1 is 0.526 bits per heavy atom. The zero-order valence-electron chi connectivity index (χ0n) is 38.1. The van der Waals surface area contributed by atoms with Gasteiger partial charge in [-0.05, 0) is 32.1 Å². The lowest BCUT2D eigenvalue weighted by molar-refractivity contribution is -0.870. The zero-order chi connectivity index (χ0) is 42.1. The molecule has 0 saturated carbocycles. The Labute approximate surface area is 352 Å². The van der Waals surface area contributed by atoms with Crippen LogP contribution in [0.4, 0.5) is 0 Å². The first kappa shape index (κ1) is 55.8. The molecule has 0 fully saturated rings. The van der Waals surface area contributed by atoms with Gasteiger partial charge in [-0.1, -0.05) is 193 Å². The van der Waals surface area contributed by atoms with Gasteiger partial charge in [-0.2, -0.15) is 0 Å². The number of rotatable bonds is 44. The minimum Gasteiger partial charge on any atom is -0.462 e. The van der Waals surface area contributed by atoms with Crippen LogP contribution in [0.3, 0.4) is 0 Å².